The van der Waals surface area contributed by atoms with Crippen LogP contribution in [0.2, 0.25) is 0 Å². The number of hydrogen-bond acceptors (Lipinski definition) is 7. The number of nitrogens with one attached hydrogen (secondary N) is 2. The van der Waals surface area contributed by atoms with Crippen molar-refractivity contribution >= 4 is 17.5 Å². The quantitative estimate of drug-likeness (QED) is 0.376. The molecule has 3 heterocycles. The number of alkyl halides is 3. The van der Waals surface area contributed by atoms with Crippen LogP contribution in [-0.4, -0.2) is 63.8 Å². The maximum absolute atomic E-state index is 13.6. The number of halogens is 3. The Labute approximate surface area is 222 Å². The van der Waals surface area contributed by atoms with E-state index in [0.29, 0.717) is 27.9 Å². The lowest BCUT2D eigenvalue weighted by molar-refractivity contribution is -0.143. The first-order valence-corrected chi connectivity index (χ1v) is 13.0. The van der Waals surface area contributed by atoms with E-state index in [0.717, 1.165) is 25.7 Å². The van der Waals surface area contributed by atoms with Crippen LogP contribution in [0.3, 0.4) is 0 Å². The van der Waals surface area contributed by atoms with Gasteiger partial charge < -0.3 is 10.6 Å². The molecule has 2 fully saturated rings. The van der Waals surface area contributed by atoms with Crippen LogP contribution < -0.4 is 10.6 Å². The van der Waals surface area contributed by atoms with Gasteiger partial charge in [0.25, 0.3) is 5.91 Å². The molecule has 2 saturated carbocycles. The number of amides is 2. The minimum Gasteiger partial charge on any atom is -0.339 e. The summed E-state index contributed by atoms with van der Waals surface area (Å²) in [6.45, 7) is 4.12. The highest BCUT2D eigenvalue weighted by molar-refractivity contribution is 6.00. The summed E-state index contributed by atoms with van der Waals surface area (Å²) in [5.41, 5.74) is 0.727. The lowest BCUT2D eigenvalue weighted by Crippen LogP contribution is -2.50. The Morgan fingerprint density at radius 3 is 2.41 bits per heavy atom. The van der Waals surface area contributed by atoms with E-state index in [1.165, 1.54) is 17.1 Å². The Balaban J connectivity index is 1.33. The first kappa shape index (κ1) is 26.8. The highest BCUT2D eigenvalue weighted by Crippen LogP contribution is 2.51. The van der Waals surface area contributed by atoms with Crippen LogP contribution in [0.15, 0.2) is 24.7 Å². The number of anilines is 1. The van der Waals surface area contributed by atoms with Crippen LogP contribution in [-0.2, 0) is 11.3 Å². The van der Waals surface area contributed by atoms with Gasteiger partial charge in [0, 0.05) is 18.4 Å². The Kier molecular flexibility index (Phi) is 7.16. The molecule has 2 aliphatic carbocycles. The summed E-state index contributed by atoms with van der Waals surface area (Å²) in [6.07, 6.45) is 4.07. The summed E-state index contributed by atoms with van der Waals surface area (Å²) in [5, 5.41) is 24.8. The molecule has 0 spiro atoms. The number of tetrazole rings is 1. The Morgan fingerprint density at radius 2 is 1.79 bits per heavy atom. The number of aromatic nitrogens is 8. The average molecular weight is 549 g/mol. The van der Waals surface area contributed by atoms with Crippen LogP contribution in [0.25, 0.3) is 0 Å². The minimum absolute atomic E-state index is 0.0188. The third-order valence-corrected chi connectivity index (χ3v) is 7.21. The fraction of sp³-hybridized carbons (Fsp3) is 0.625. The largest absolute Gasteiger partial charge is 0.408 e. The molecular weight excluding hydrogens is 517 g/mol. The third kappa shape index (κ3) is 6.11. The fourth-order valence-corrected chi connectivity index (χ4v) is 5.09. The van der Waals surface area contributed by atoms with Crippen molar-refractivity contribution in [3.8, 4) is 0 Å². The van der Waals surface area contributed by atoms with Gasteiger partial charge in [-0.05, 0) is 80.7 Å². The molecular formula is C24H31F3N10O2. The summed E-state index contributed by atoms with van der Waals surface area (Å²) < 4.78 is 42.4. The minimum atomic E-state index is -4.49. The Morgan fingerprint density at radius 1 is 1.10 bits per heavy atom. The number of hydrogen-bond donors (Lipinski definition) is 2. The zero-order valence-corrected chi connectivity index (χ0v) is 21.8. The van der Waals surface area contributed by atoms with Crippen molar-refractivity contribution in [3.63, 3.8) is 0 Å². The zero-order valence-electron chi connectivity index (χ0n) is 21.8. The maximum Gasteiger partial charge on any atom is 0.408 e. The number of carbonyl (C=O) groups excluding carboxylic acids is 2. The van der Waals surface area contributed by atoms with Crippen LogP contribution in [0.5, 0.6) is 0 Å². The predicted octanol–water partition coefficient (Wildman–Crippen LogP) is 2.99. The summed E-state index contributed by atoms with van der Waals surface area (Å²) in [7, 11) is 0. The van der Waals surface area contributed by atoms with E-state index in [1.807, 2.05) is 13.8 Å². The van der Waals surface area contributed by atoms with E-state index in [2.05, 4.69) is 36.4 Å². The van der Waals surface area contributed by atoms with Gasteiger partial charge in [0.2, 0.25) is 5.91 Å². The van der Waals surface area contributed by atoms with E-state index in [9.17, 15) is 22.8 Å². The summed E-state index contributed by atoms with van der Waals surface area (Å²) in [5.74, 6) is 0.0102. The summed E-state index contributed by atoms with van der Waals surface area (Å²) in [6, 6.07) is 0.116. The molecule has 2 aliphatic rings. The molecule has 39 heavy (non-hydrogen) atoms. The summed E-state index contributed by atoms with van der Waals surface area (Å²) >= 11 is 0. The molecule has 210 valence electrons. The summed E-state index contributed by atoms with van der Waals surface area (Å²) in [4.78, 5) is 26.9. The first-order valence-electron chi connectivity index (χ1n) is 13.0. The molecule has 0 saturated heterocycles. The van der Waals surface area contributed by atoms with E-state index >= 15 is 0 Å². The number of nitrogens with zero attached hydrogens (tertiary/aromatic N) is 8. The monoisotopic (exact) mass is 548 g/mol. The Hall–Kier alpha value is -3.78. The molecule has 3 aromatic rings. The maximum atomic E-state index is 13.6. The predicted molar refractivity (Wildman–Crippen MR) is 131 cm³/mol. The van der Waals surface area contributed by atoms with Crippen molar-refractivity contribution in [1.82, 2.24) is 45.1 Å². The van der Waals surface area contributed by atoms with Gasteiger partial charge in [-0.2, -0.15) is 23.4 Å². The van der Waals surface area contributed by atoms with Crippen LogP contribution in [0, 0.1) is 17.8 Å². The third-order valence-electron chi connectivity index (χ3n) is 7.21. The molecule has 2 N–H and O–H groups in total. The highest BCUT2D eigenvalue weighted by Gasteiger charge is 2.48. The van der Waals surface area contributed by atoms with Gasteiger partial charge >= 0.3 is 6.18 Å². The van der Waals surface area contributed by atoms with Crippen molar-refractivity contribution in [3.05, 3.63) is 36.2 Å². The van der Waals surface area contributed by atoms with Crippen LogP contribution in [0.4, 0.5) is 18.9 Å². The molecule has 0 aromatic carbocycles. The van der Waals surface area contributed by atoms with Gasteiger partial charge in [0.05, 0.1) is 11.9 Å². The molecule has 12 nitrogen and oxygen atoms in total. The van der Waals surface area contributed by atoms with E-state index in [1.54, 1.807) is 23.9 Å². The second-order valence-corrected chi connectivity index (χ2v) is 10.6. The van der Waals surface area contributed by atoms with Gasteiger partial charge in [-0.3, -0.25) is 19.0 Å². The van der Waals surface area contributed by atoms with E-state index < -0.39 is 24.8 Å². The molecule has 3 aromatic heterocycles. The molecule has 5 rings (SSSR count). The molecule has 0 bridgehead atoms. The molecule has 15 heteroatoms. The highest BCUT2D eigenvalue weighted by atomic mass is 19.4. The molecule has 0 aliphatic heterocycles. The van der Waals surface area contributed by atoms with Gasteiger partial charge in [-0.15, -0.1) is 5.10 Å². The van der Waals surface area contributed by atoms with E-state index in [-0.39, 0.29) is 29.6 Å². The topological polar surface area (TPSA) is 137 Å². The van der Waals surface area contributed by atoms with Crippen molar-refractivity contribution < 1.29 is 22.8 Å². The van der Waals surface area contributed by atoms with Gasteiger partial charge in [0.15, 0.2) is 5.82 Å². The van der Waals surface area contributed by atoms with Gasteiger partial charge in [-0.1, -0.05) is 0 Å². The normalized spacial score (nSPS) is 17.4. The molecule has 2 atom stereocenters. The molecule has 1 unspecified atom stereocenters. The smallest absolute Gasteiger partial charge is 0.339 e. The zero-order chi connectivity index (χ0) is 27.9. The SMILES string of the molecule is CC(c1nnnn1CC(F)(F)F)n1cc(NC(=O)[C@@H](NC(=O)c2ccnn2C(C)C)C(C2CC2)C2CC2)cn1. The fourth-order valence-electron chi connectivity index (χ4n) is 5.09. The second kappa shape index (κ2) is 10.4. The second-order valence-electron chi connectivity index (χ2n) is 10.6. The molecule has 0 radical (unpaired) electrons. The van der Waals surface area contributed by atoms with Crippen molar-refractivity contribution in [2.45, 2.75) is 77.3 Å². The Bertz CT molecular complexity index is 1310. The van der Waals surface area contributed by atoms with Gasteiger partial charge in [-0.25, -0.2) is 4.68 Å². The molecule has 2 amide bonds. The van der Waals surface area contributed by atoms with Crippen molar-refractivity contribution in [1.29, 1.82) is 0 Å². The first-order chi connectivity index (χ1) is 18.5. The lowest BCUT2D eigenvalue weighted by atomic mass is 9.88. The van der Waals surface area contributed by atoms with Crippen LogP contribution in [0.1, 0.15) is 74.9 Å². The number of carbonyl (C=O) groups is 2. The average Bonchev–Trinajstić information content (AvgIpc) is 3.72. The standard InChI is InChI=1S/C24H31F3N10O2/c1-13(2)37-18(8-9-28-37)22(38)31-20(19(15-4-5-15)16-6-7-16)23(39)30-17-10-29-35(11-17)14(3)21-32-33-34-36(21)12-24(25,26)27/h8-11,13-16,19-20H,4-7,12H2,1-3H3,(H,30,39)(H,31,38)/t14?,20-/m0/s1. The van der Waals surface area contributed by atoms with Crippen molar-refractivity contribution in [2.75, 3.05) is 5.32 Å². The lowest BCUT2D eigenvalue weighted by Gasteiger charge is -2.27. The van der Waals surface area contributed by atoms with Gasteiger partial charge in [0.1, 0.15) is 24.3 Å². The van der Waals surface area contributed by atoms with Crippen LogP contribution >= 0.6 is 0 Å². The van der Waals surface area contributed by atoms with E-state index in [4.69, 9.17) is 0 Å². The number of rotatable bonds is 11. The van der Waals surface area contributed by atoms with Crippen molar-refractivity contribution in [2.24, 2.45) is 17.8 Å².